The third-order valence-corrected chi connectivity index (χ3v) is 19.5. The van der Waals surface area contributed by atoms with E-state index in [1.165, 1.54) is 141 Å². The van der Waals surface area contributed by atoms with Crippen LogP contribution in [-0.2, 0) is 38.5 Å². The van der Waals surface area contributed by atoms with Crippen molar-refractivity contribution in [1.82, 2.24) is 0 Å². The van der Waals surface area contributed by atoms with Crippen LogP contribution in [0.3, 0.4) is 0 Å². The second-order valence-electron chi connectivity index (χ2n) is 28.4. The minimum Gasteiger partial charge on any atom is -0.0955 e. The van der Waals surface area contributed by atoms with E-state index in [0.29, 0.717) is 0 Å². The van der Waals surface area contributed by atoms with Crippen molar-refractivity contribution in [3.05, 3.63) is 453 Å². The molecule has 0 aromatic heterocycles. The smallest absolute Gasteiger partial charge is 0.00253 e. The predicted octanol–water partition coefficient (Wildman–Crippen LogP) is 12.2. The van der Waals surface area contributed by atoms with E-state index in [2.05, 4.69) is 276 Å². The van der Waals surface area contributed by atoms with E-state index < -0.39 is 0 Å². The van der Waals surface area contributed by atoms with Crippen LogP contribution < -0.4 is 93.9 Å². The zero-order valence-electron chi connectivity index (χ0n) is 62.5. The summed E-state index contributed by atoms with van der Waals surface area (Å²) >= 11 is 0. The lowest BCUT2D eigenvalue weighted by Crippen LogP contribution is -2.27. The fourth-order valence-electron chi connectivity index (χ4n) is 13.8. The normalized spacial score (nSPS) is 12.9. The number of hydrogen-bond acceptors (Lipinski definition) is 0. The van der Waals surface area contributed by atoms with Gasteiger partial charge >= 0.3 is 0 Å². The van der Waals surface area contributed by atoms with Gasteiger partial charge in [0.05, 0.1) is 0 Å². The first-order valence-corrected chi connectivity index (χ1v) is 36.3. The van der Waals surface area contributed by atoms with Gasteiger partial charge in [0.2, 0.25) is 0 Å². The summed E-state index contributed by atoms with van der Waals surface area (Å²) in [5, 5.41) is 30.4. The topological polar surface area (TPSA) is 0 Å². The van der Waals surface area contributed by atoms with Gasteiger partial charge in [0, 0.05) is 0 Å². The average molecular weight is 1390 g/mol. The maximum atomic E-state index is 4.02. The second kappa shape index (κ2) is 34.6. The molecule has 0 spiro atoms. The molecular weight excluding hydrogens is 1300 g/mol. The molecule has 6 aliphatic rings. The van der Waals surface area contributed by atoms with Crippen LogP contribution >= 0.6 is 0 Å². The standard InChI is InChI=1S/3C14H12.3C12H10.2C11H10.C8H8/c1-9-3-11-7-13-5-10(2)6-14(13)8-12(11)4-9;1-9-5-11-3-4-12-6-10(2)8-14(12)13(11)7-9;1-11-3-7-13(8-4-11)14-9-5-12(2)6-10-14;1-9-3-5-12-8-10(2)4-6-11(12)7-9;1-9-5-3-8-12-10(2)6-4-7-11(9)12;1-9-6-7-11-5-3-4-10(2)12(11)8-9;1-8-3-4-10-6-9(2)7-11(10)5-8;1-8-6-10-5-3-4-9(2)11(10)7-8;1-7-5-3-4-6-8(7)2/h3,6-8H,1-2,4-5H2;3-4,7-8H,1-2,5-6H2;3-10H,1-2H2;3*3-8H,1-2H2;3-6H,1-2,7H2;3-5,7H,1-2,6H2;3-6H,1-2H2. The Balaban J connectivity index is 0.000000121. The Morgan fingerprint density at radius 2 is 0.500 bits per heavy atom. The molecule has 0 nitrogen and oxygen atoms in total. The lowest BCUT2D eigenvalue weighted by molar-refractivity contribution is 1.20. The van der Waals surface area contributed by atoms with Gasteiger partial charge in [-0.15, -0.1) is 0 Å². The van der Waals surface area contributed by atoms with Crippen LogP contribution in [-0.4, -0.2) is 0 Å². The molecule has 0 saturated carbocycles. The summed E-state index contributed by atoms with van der Waals surface area (Å²) in [4.78, 5) is 0. The van der Waals surface area contributed by atoms with E-state index in [-0.39, 0.29) is 0 Å². The molecule has 108 heavy (non-hydrogen) atoms. The number of benzene rings is 13. The maximum Gasteiger partial charge on any atom is -0.00253 e. The number of allylic oxidation sites excluding steroid dienone is 6. The first-order valence-electron chi connectivity index (χ1n) is 36.3. The summed E-state index contributed by atoms with van der Waals surface area (Å²) in [7, 11) is 0. The van der Waals surface area contributed by atoms with Gasteiger partial charge in [-0.25, -0.2) is 0 Å². The Morgan fingerprint density at radius 3 is 0.954 bits per heavy atom. The Labute approximate surface area is 635 Å². The third-order valence-electron chi connectivity index (χ3n) is 19.5. The van der Waals surface area contributed by atoms with Crippen LogP contribution in [0.1, 0.15) is 33.4 Å². The lowest BCUT2D eigenvalue weighted by atomic mass is 10.1. The molecule has 0 atom stereocenters. The van der Waals surface area contributed by atoms with Crippen molar-refractivity contribution in [3.8, 4) is 0 Å². The highest BCUT2D eigenvalue weighted by atomic mass is 14.2. The van der Waals surface area contributed by atoms with Gasteiger partial charge in [-0.1, -0.05) is 413 Å². The van der Waals surface area contributed by atoms with Crippen molar-refractivity contribution >= 4 is 148 Å². The van der Waals surface area contributed by atoms with Crippen molar-refractivity contribution in [2.24, 2.45) is 0 Å². The zero-order valence-corrected chi connectivity index (χ0v) is 62.5. The number of rotatable bonds is 0. The van der Waals surface area contributed by atoms with Gasteiger partial charge < -0.3 is 0 Å². The van der Waals surface area contributed by atoms with Gasteiger partial charge in [0.15, 0.2) is 0 Å². The first-order chi connectivity index (χ1) is 51.9. The Hall–Kier alpha value is -13.3. The molecular formula is C108H94. The predicted molar refractivity (Wildman–Crippen MR) is 478 cm³/mol. The van der Waals surface area contributed by atoms with E-state index in [0.717, 1.165) is 101 Å². The highest BCUT2D eigenvalue weighted by molar-refractivity contribution is 5.85. The molecule has 0 heteroatoms. The van der Waals surface area contributed by atoms with E-state index in [1.807, 2.05) is 121 Å². The Morgan fingerprint density at radius 1 is 0.176 bits per heavy atom. The van der Waals surface area contributed by atoms with Crippen LogP contribution in [0.25, 0.3) is 148 Å². The number of fused-ring (bicyclic) bond motifs is 10. The van der Waals surface area contributed by atoms with Crippen LogP contribution in [0.4, 0.5) is 0 Å². The molecule has 0 fully saturated rings. The Bertz CT molecular complexity index is 6690. The highest BCUT2D eigenvalue weighted by Gasteiger charge is 2.14. The summed E-state index contributed by atoms with van der Waals surface area (Å²) in [6.45, 7) is 70.5. The summed E-state index contributed by atoms with van der Waals surface area (Å²) in [5.74, 6) is 0. The Kier molecular flexibility index (Phi) is 24.3. The molecule has 526 valence electrons. The zero-order chi connectivity index (χ0) is 76.7. The van der Waals surface area contributed by atoms with Crippen LogP contribution in [0.2, 0.25) is 0 Å². The summed E-state index contributed by atoms with van der Waals surface area (Å²) in [5.41, 5.74) is 15.7. The van der Waals surface area contributed by atoms with Crippen LogP contribution in [0.5, 0.6) is 0 Å². The molecule has 0 amide bonds. The summed E-state index contributed by atoms with van der Waals surface area (Å²) in [6, 6.07) is 82.6. The van der Waals surface area contributed by atoms with Crippen molar-refractivity contribution in [2.45, 2.75) is 38.5 Å². The molecule has 0 unspecified atom stereocenters. The molecule has 6 aliphatic carbocycles. The monoisotopic (exact) mass is 1390 g/mol. The average Bonchev–Trinajstić information content (AvgIpc) is 1.63. The fraction of sp³-hybridized carbons (Fsp3) is 0.0556. The van der Waals surface area contributed by atoms with Crippen molar-refractivity contribution in [1.29, 1.82) is 0 Å². The van der Waals surface area contributed by atoms with Crippen LogP contribution in [0.15, 0.2) is 316 Å². The molecule has 13 aromatic rings. The van der Waals surface area contributed by atoms with Crippen molar-refractivity contribution in [2.75, 3.05) is 0 Å². The molecule has 0 N–H and O–H groups in total. The van der Waals surface area contributed by atoms with E-state index >= 15 is 0 Å². The van der Waals surface area contributed by atoms with Gasteiger partial charge in [0.1, 0.15) is 0 Å². The second-order valence-corrected chi connectivity index (χ2v) is 28.4. The third kappa shape index (κ3) is 19.8. The number of hydrogen-bond donors (Lipinski definition) is 0. The minimum atomic E-state index is 0.999. The van der Waals surface area contributed by atoms with Crippen LogP contribution in [0, 0.1) is 10.4 Å². The minimum absolute atomic E-state index is 0.999. The van der Waals surface area contributed by atoms with Gasteiger partial charge in [-0.05, 0) is 227 Å². The van der Waals surface area contributed by atoms with E-state index in [4.69, 9.17) is 0 Å². The molecule has 0 aliphatic heterocycles. The first kappa shape index (κ1) is 75.9. The summed E-state index contributed by atoms with van der Waals surface area (Å²) in [6.07, 6.45) is 19.1. The molecule has 0 saturated heterocycles. The molecule has 19 rings (SSSR count). The molecule has 0 heterocycles. The quantitative estimate of drug-likeness (QED) is 0.142. The maximum absolute atomic E-state index is 4.02. The van der Waals surface area contributed by atoms with E-state index in [1.54, 1.807) is 0 Å². The molecule has 0 bridgehead atoms. The SMILES string of the molecule is C=C1C=c2c(ccc3c2=CC(=C)C3)C1.C=C1C=c2c(cccc2=C)C1.C=C1C=c2cc3c(cc2C1)=CC(=C)C3.C=C1C=c2ccc(=C)cc2C1.C=c1ccc(=c2ccc(=C)cc2)cc1.C=c1ccc2cc(=C)ccc2c1.C=c1ccc2cccc(=C)c2c1.C=c1cccc2c(=C)cccc12.C=c1ccccc1=C. The highest BCUT2D eigenvalue weighted by Crippen LogP contribution is 2.17. The van der Waals surface area contributed by atoms with Crippen molar-refractivity contribution < 1.29 is 0 Å². The van der Waals surface area contributed by atoms with Gasteiger partial charge in [0.25, 0.3) is 0 Å². The summed E-state index contributed by atoms with van der Waals surface area (Å²) < 4.78 is 0. The largest absolute Gasteiger partial charge is 0.0955 e. The van der Waals surface area contributed by atoms with Gasteiger partial charge in [-0.2, -0.15) is 0 Å². The molecule has 0 radical (unpaired) electrons. The fourth-order valence-corrected chi connectivity index (χ4v) is 13.8. The van der Waals surface area contributed by atoms with Gasteiger partial charge in [-0.3, -0.25) is 0 Å². The van der Waals surface area contributed by atoms with E-state index in [9.17, 15) is 0 Å². The lowest BCUT2D eigenvalue weighted by Gasteiger charge is -1.97. The van der Waals surface area contributed by atoms with Crippen molar-refractivity contribution in [3.63, 3.8) is 0 Å². The molecule has 13 aromatic carbocycles.